The van der Waals surface area contributed by atoms with Crippen LogP contribution in [0.2, 0.25) is 0 Å². The minimum atomic E-state index is -0.397. The molecule has 127 heavy (non-hydrogen) atoms. The zero-order chi connectivity index (χ0) is 85.0. The van der Waals surface area contributed by atoms with Gasteiger partial charge >= 0.3 is 0 Å². The molecule has 2 N–H and O–H groups in total. The fourth-order valence-electron chi connectivity index (χ4n) is 18.1. The van der Waals surface area contributed by atoms with Crippen LogP contribution in [0.15, 0.2) is 373 Å². The number of pyridine rings is 2. The van der Waals surface area contributed by atoms with E-state index in [0.717, 1.165) is 183 Å². The molecule has 0 amide bonds. The normalized spacial score (nSPS) is 11.9. The number of para-hydroxylation sites is 4. The van der Waals surface area contributed by atoms with E-state index in [1.165, 1.54) is 16.7 Å². The number of benzene rings is 16. The summed E-state index contributed by atoms with van der Waals surface area (Å²) in [7, 11) is 0. The summed E-state index contributed by atoms with van der Waals surface area (Å²) >= 11 is 0. The monoisotopic (exact) mass is 2000 g/mol. The minimum Gasteiger partial charge on any atom is -0.507 e. The summed E-state index contributed by atoms with van der Waals surface area (Å²) in [5, 5.41) is 31.7. The van der Waals surface area contributed by atoms with Gasteiger partial charge in [-0.1, -0.05) is 326 Å². The van der Waals surface area contributed by atoms with Crippen LogP contribution in [0, 0.1) is 12.1 Å². The van der Waals surface area contributed by atoms with Crippen LogP contribution >= 0.6 is 0 Å². The van der Waals surface area contributed by atoms with Crippen molar-refractivity contribution in [3.63, 3.8) is 0 Å². The number of fused-ring (bicyclic) bond motifs is 12. The molecule has 6 aromatic heterocycles. The Kier molecular flexibility index (Phi) is 21.5. The van der Waals surface area contributed by atoms with Gasteiger partial charge in [-0.15, -0.1) is 53.1 Å². The van der Waals surface area contributed by atoms with E-state index < -0.39 is 5.41 Å². The molecule has 0 spiro atoms. The van der Waals surface area contributed by atoms with Crippen LogP contribution in [0.4, 0.5) is 0 Å². The summed E-state index contributed by atoms with van der Waals surface area (Å²) in [6.07, 6.45) is 3.75. The zero-order valence-corrected chi connectivity index (χ0v) is 75.7. The van der Waals surface area contributed by atoms with Crippen LogP contribution < -0.4 is 0 Å². The first kappa shape index (κ1) is 82.5. The number of furan rings is 2. The number of aromatic hydroxyl groups is 2. The molecule has 0 aliphatic heterocycles. The van der Waals surface area contributed by atoms with Crippen molar-refractivity contribution >= 4 is 87.5 Å². The first-order valence-corrected chi connectivity index (χ1v) is 42.5. The number of phenols is 2. The van der Waals surface area contributed by atoms with Crippen molar-refractivity contribution in [2.24, 2.45) is 0 Å². The van der Waals surface area contributed by atoms with Gasteiger partial charge in [0.05, 0.1) is 44.6 Å². The van der Waals surface area contributed by atoms with Gasteiger partial charge in [-0.2, -0.15) is 0 Å². The van der Waals surface area contributed by atoms with E-state index in [1.54, 1.807) is 12.1 Å². The summed E-state index contributed by atoms with van der Waals surface area (Å²) in [6, 6.07) is 129. The maximum atomic E-state index is 11.5. The zero-order valence-electron chi connectivity index (χ0n) is 71.2. The third-order valence-corrected chi connectivity index (χ3v) is 24.7. The van der Waals surface area contributed by atoms with E-state index in [9.17, 15) is 10.2 Å². The summed E-state index contributed by atoms with van der Waals surface area (Å²) < 4.78 is 17.9. The van der Waals surface area contributed by atoms with Gasteiger partial charge in [0, 0.05) is 104 Å². The predicted molar refractivity (Wildman–Crippen MR) is 513 cm³/mol. The van der Waals surface area contributed by atoms with Gasteiger partial charge in [-0.25, -0.2) is 9.97 Å². The Balaban J connectivity index is 0.000000163. The summed E-state index contributed by atoms with van der Waals surface area (Å²) in [4.78, 5) is 21.0. The second-order valence-corrected chi connectivity index (χ2v) is 35.0. The van der Waals surface area contributed by atoms with Gasteiger partial charge < -0.3 is 19.0 Å². The molecule has 16 aromatic carbocycles. The molecule has 0 radical (unpaired) electrons. The third kappa shape index (κ3) is 14.8. The second kappa shape index (κ2) is 33.1. The van der Waals surface area contributed by atoms with Crippen LogP contribution in [-0.2, 0) is 58.4 Å². The van der Waals surface area contributed by atoms with E-state index in [4.69, 9.17) is 28.8 Å². The van der Waals surface area contributed by atoms with Crippen molar-refractivity contribution in [3.8, 4) is 124 Å². The smallest absolute Gasteiger partial charge is 0.148 e. The van der Waals surface area contributed by atoms with Crippen molar-refractivity contribution in [1.29, 1.82) is 0 Å². The van der Waals surface area contributed by atoms with Crippen molar-refractivity contribution in [2.75, 3.05) is 0 Å². The molecular weight excluding hydrogens is 1920 g/mol. The number of imidazole rings is 2. The fraction of sp³-hybridized carbons (Fsp3) is 0.0957. The molecule has 22 aromatic rings. The fourth-order valence-corrected chi connectivity index (χ4v) is 18.1. The van der Waals surface area contributed by atoms with E-state index in [2.05, 4.69) is 356 Å². The molecule has 12 heteroatoms. The van der Waals surface area contributed by atoms with Crippen molar-refractivity contribution < 1.29 is 61.2 Å². The van der Waals surface area contributed by atoms with E-state index >= 15 is 0 Å². The van der Waals surface area contributed by atoms with Crippen LogP contribution in [0.5, 0.6) is 11.5 Å². The van der Waals surface area contributed by atoms with Crippen molar-refractivity contribution in [2.45, 2.75) is 71.6 Å². The summed E-state index contributed by atoms with van der Waals surface area (Å²) in [5.74, 6) is 1.60. The SMILES string of the molecule is CC(C)(C)c1ccc(-n2c(-c3ccccc3O)nc3c(-c4[c-]c(-c5nccc6c5oc5ccc7ccccc7c56)cc(-c5ccccc5)c4)cccc32)c(-c2ccccc2)c1.CC(C)(C)c1ccc(-n2c(-c3ccccc3O)nc3c(-c4[c-]c(-c5nccc6c5oc5ccc7ccccc7c56)cc(C(C)(C)c5ccccc5)c4)cccc32)c(-c2ccccc2)c1.[Pt].[Pt]. The minimum absolute atomic E-state index is 0. The van der Waals surface area contributed by atoms with Crippen LogP contribution in [0.3, 0.4) is 0 Å². The van der Waals surface area contributed by atoms with Gasteiger partial charge in [-0.05, 0) is 151 Å². The molecule has 0 bridgehead atoms. The first-order chi connectivity index (χ1) is 60.8. The van der Waals surface area contributed by atoms with Crippen molar-refractivity contribution in [3.05, 3.63) is 399 Å². The molecule has 6 heterocycles. The Morgan fingerprint density at radius 1 is 0.299 bits per heavy atom. The largest absolute Gasteiger partial charge is 0.507 e. The number of aromatic nitrogens is 6. The van der Waals surface area contributed by atoms with Gasteiger partial charge in [-0.3, -0.25) is 19.1 Å². The Labute approximate surface area is 765 Å². The third-order valence-electron chi connectivity index (χ3n) is 24.7. The Morgan fingerprint density at radius 2 is 0.685 bits per heavy atom. The molecule has 0 saturated heterocycles. The molecular formula is C115H86N6O4Pt2-2. The van der Waals surface area contributed by atoms with E-state index in [0.29, 0.717) is 22.8 Å². The first-order valence-electron chi connectivity index (χ1n) is 42.5. The number of hydrogen-bond donors (Lipinski definition) is 2. The van der Waals surface area contributed by atoms with Gasteiger partial charge in [0.1, 0.15) is 45.5 Å². The standard InChI is InChI=1S/C59H46N3O2.C56H40N3O2.2Pt/c1-58(2,3)42-28-29-49(48(36-42)37-17-8-6-9-18-37)62-50-25-16-24-45(55(50)61-57(62)46-23-14-15-26-51(46)63)39-33-40(35-43(34-39)59(4,5)41-20-10-7-11-21-41)54-56-47(31-32-60-54)53-44-22-13-12-19-38(44)27-30-52(53)64-56;1-56(2,3)41-26-27-47(46(34-41)36-17-8-5-9-18-36)59-48-23-14-22-43(53(48)58-55(59)44-21-12-13-24-49(44)60)39-31-38(35-15-6-4-7-16-35)32-40(33-39)52-54-45(29-30-57-52)51-42-20-11-10-19-37(42)25-28-50(51)61-54;;/h6-32,34-36,63H,1-5H3;4-32,34,60H,1-3H3;;/q2*-1;;. The number of nitrogens with zero attached hydrogens (tertiary/aromatic N) is 6. The average molecular weight is 2010 g/mol. The Bertz CT molecular complexity index is 7990. The van der Waals surface area contributed by atoms with Crippen LogP contribution in [0.1, 0.15) is 77.6 Å². The molecule has 0 unspecified atom stereocenters. The molecule has 0 aliphatic rings. The second-order valence-electron chi connectivity index (χ2n) is 35.0. The quantitative estimate of drug-likeness (QED) is 0.109. The van der Waals surface area contributed by atoms with Crippen LogP contribution in [-0.4, -0.2) is 39.3 Å². The summed E-state index contributed by atoms with van der Waals surface area (Å²) in [6.45, 7) is 18.0. The van der Waals surface area contributed by atoms with E-state index in [1.807, 2.05) is 73.1 Å². The number of phenolic OH excluding ortho intramolecular Hbond substituents is 2. The molecule has 0 aliphatic carbocycles. The molecule has 22 rings (SSSR count). The average Bonchev–Trinajstić information content (AvgIpc) is 1.60. The van der Waals surface area contributed by atoms with Gasteiger partial charge in [0.25, 0.3) is 0 Å². The molecule has 0 saturated carbocycles. The topological polar surface area (TPSA) is 128 Å². The van der Waals surface area contributed by atoms with Crippen molar-refractivity contribution in [1.82, 2.24) is 29.1 Å². The maximum absolute atomic E-state index is 11.5. The van der Waals surface area contributed by atoms with Gasteiger partial charge in [0.15, 0.2) is 0 Å². The molecule has 622 valence electrons. The van der Waals surface area contributed by atoms with E-state index in [-0.39, 0.29) is 64.5 Å². The molecule has 10 nitrogen and oxygen atoms in total. The number of rotatable bonds is 13. The van der Waals surface area contributed by atoms with Crippen LogP contribution in [0.25, 0.3) is 200 Å². The number of hydrogen-bond acceptors (Lipinski definition) is 8. The maximum Gasteiger partial charge on any atom is 0.148 e. The summed E-state index contributed by atoms with van der Waals surface area (Å²) in [5.41, 5.74) is 27.0. The molecule has 0 atom stereocenters. The predicted octanol–water partition coefficient (Wildman–Crippen LogP) is 29.9. The van der Waals surface area contributed by atoms with Gasteiger partial charge in [0.2, 0.25) is 0 Å². The molecule has 0 fully saturated rings. The Hall–Kier alpha value is -14.1. The Morgan fingerprint density at radius 3 is 1.14 bits per heavy atom.